The molecule has 0 spiro atoms. The van der Waals surface area contributed by atoms with Gasteiger partial charge in [-0.15, -0.1) is 0 Å². The SMILES string of the molecule is O=C(CN1C(=O)S/C(=C\c2ccco2)C1=O)NC(CO)Cc1ccccc1. The van der Waals surface area contributed by atoms with Gasteiger partial charge in [-0.05, 0) is 35.9 Å². The lowest BCUT2D eigenvalue weighted by Crippen LogP contribution is -2.45. The molecule has 0 bridgehead atoms. The third-order valence-corrected chi connectivity index (χ3v) is 4.81. The molecule has 0 radical (unpaired) electrons. The van der Waals surface area contributed by atoms with Gasteiger partial charge in [-0.2, -0.15) is 0 Å². The summed E-state index contributed by atoms with van der Waals surface area (Å²) in [4.78, 5) is 37.8. The molecule has 1 saturated heterocycles. The van der Waals surface area contributed by atoms with Crippen molar-refractivity contribution in [3.63, 3.8) is 0 Å². The number of carbonyl (C=O) groups excluding carboxylic acids is 3. The minimum atomic E-state index is -0.542. The van der Waals surface area contributed by atoms with Crippen molar-refractivity contribution in [2.75, 3.05) is 13.2 Å². The Morgan fingerprint density at radius 1 is 1.22 bits per heavy atom. The van der Waals surface area contributed by atoms with E-state index in [0.717, 1.165) is 22.2 Å². The van der Waals surface area contributed by atoms with Crippen LogP contribution in [0.2, 0.25) is 0 Å². The maximum atomic E-state index is 12.4. The van der Waals surface area contributed by atoms with Crippen LogP contribution in [0.3, 0.4) is 0 Å². The summed E-state index contributed by atoms with van der Waals surface area (Å²) in [6.45, 7) is -0.646. The smallest absolute Gasteiger partial charge is 0.294 e. The van der Waals surface area contributed by atoms with Gasteiger partial charge in [-0.1, -0.05) is 30.3 Å². The van der Waals surface area contributed by atoms with Crippen molar-refractivity contribution in [3.05, 3.63) is 65.0 Å². The second-order valence-corrected chi connectivity index (χ2v) is 6.91. The molecule has 3 rings (SSSR count). The zero-order valence-electron chi connectivity index (χ0n) is 14.3. The Morgan fingerprint density at radius 2 is 2.00 bits per heavy atom. The first-order valence-corrected chi connectivity index (χ1v) is 9.11. The normalized spacial score (nSPS) is 16.8. The topological polar surface area (TPSA) is 99.9 Å². The van der Waals surface area contributed by atoms with Gasteiger partial charge < -0.3 is 14.8 Å². The van der Waals surface area contributed by atoms with E-state index in [1.807, 2.05) is 30.3 Å². The van der Waals surface area contributed by atoms with Gasteiger partial charge in [0.15, 0.2) is 0 Å². The van der Waals surface area contributed by atoms with Crippen LogP contribution in [-0.2, 0) is 16.0 Å². The number of aliphatic hydroxyl groups excluding tert-OH is 1. The number of furan rings is 1. The highest BCUT2D eigenvalue weighted by Crippen LogP contribution is 2.31. The lowest BCUT2D eigenvalue weighted by molar-refractivity contribution is -0.129. The van der Waals surface area contributed by atoms with Gasteiger partial charge in [0.05, 0.1) is 23.8 Å². The Kier molecular flexibility index (Phi) is 6.10. The summed E-state index contributed by atoms with van der Waals surface area (Å²) in [5.74, 6) is -0.597. The molecule has 1 aliphatic rings. The minimum Gasteiger partial charge on any atom is -0.465 e. The largest absolute Gasteiger partial charge is 0.465 e. The number of hydrogen-bond acceptors (Lipinski definition) is 6. The molecule has 1 atom stereocenters. The van der Waals surface area contributed by atoms with Crippen LogP contribution in [0, 0.1) is 0 Å². The van der Waals surface area contributed by atoms with Gasteiger partial charge >= 0.3 is 0 Å². The highest BCUT2D eigenvalue weighted by Gasteiger charge is 2.36. The number of carbonyl (C=O) groups is 3. The molecule has 140 valence electrons. The van der Waals surface area contributed by atoms with Gasteiger partial charge in [-0.25, -0.2) is 0 Å². The van der Waals surface area contributed by atoms with Crippen LogP contribution in [0.25, 0.3) is 6.08 Å². The second-order valence-electron chi connectivity index (χ2n) is 5.92. The maximum Gasteiger partial charge on any atom is 0.294 e. The molecule has 1 aliphatic heterocycles. The summed E-state index contributed by atoms with van der Waals surface area (Å²) < 4.78 is 5.14. The van der Waals surface area contributed by atoms with Gasteiger partial charge in [0.1, 0.15) is 12.3 Å². The van der Waals surface area contributed by atoms with Gasteiger partial charge in [0.2, 0.25) is 5.91 Å². The quantitative estimate of drug-likeness (QED) is 0.707. The minimum absolute atomic E-state index is 0.200. The summed E-state index contributed by atoms with van der Waals surface area (Å²) in [6, 6.07) is 12.2. The molecular formula is C19H18N2O5S. The maximum absolute atomic E-state index is 12.4. The molecule has 8 heteroatoms. The number of imide groups is 1. The van der Waals surface area contributed by atoms with E-state index in [-0.39, 0.29) is 11.5 Å². The van der Waals surface area contributed by atoms with E-state index in [2.05, 4.69) is 5.32 Å². The molecule has 1 aromatic heterocycles. The third kappa shape index (κ3) is 4.87. The van der Waals surface area contributed by atoms with E-state index in [9.17, 15) is 19.5 Å². The number of nitrogens with one attached hydrogen (secondary N) is 1. The summed E-state index contributed by atoms with van der Waals surface area (Å²) in [5, 5.41) is 11.6. The summed E-state index contributed by atoms with van der Waals surface area (Å²) in [5.41, 5.74) is 0.962. The molecule has 1 unspecified atom stereocenters. The molecule has 2 N–H and O–H groups in total. The fraction of sp³-hybridized carbons (Fsp3) is 0.211. The molecule has 2 aromatic rings. The van der Waals surface area contributed by atoms with E-state index in [1.165, 1.54) is 12.3 Å². The van der Waals surface area contributed by atoms with E-state index >= 15 is 0 Å². The molecule has 27 heavy (non-hydrogen) atoms. The number of nitrogens with zero attached hydrogens (tertiary/aromatic N) is 1. The number of amides is 3. The van der Waals surface area contributed by atoms with Crippen LogP contribution >= 0.6 is 11.8 Å². The van der Waals surface area contributed by atoms with Crippen LogP contribution in [0.4, 0.5) is 4.79 Å². The average Bonchev–Trinajstić information content (AvgIpc) is 3.26. The third-order valence-electron chi connectivity index (χ3n) is 3.90. The lowest BCUT2D eigenvalue weighted by atomic mass is 10.1. The van der Waals surface area contributed by atoms with Crippen molar-refractivity contribution >= 4 is 34.9 Å². The first-order chi connectivity index (χ1) is 13.1. The van der Waals surface area contributed by atoms with Crippen LogP contribution in [0.5, 0.6) is 0 Å². The molecule has 0 saturated carbocycles. The van der Waals surface area contributed by atoms with Crippen molar-refractivity contribution in [2.45, 2.75) is 12.5 Å². The Hall–Kier alpha value is -2.84. The number of benzene rings is 1. The Balaban J connectivity index is 1.59. The van der Waals surface area contributed by atoms with Crippen molar-refractivity contribution in [2.24, 2.45) is 0 Å². The van der Waals surface area contributed by atoms with Crippen LogP contribution in [0.1, 0.15) is 11.3 Å². The van der Waals surface area contributed by atoms with Crippen LogP contribution < -0.4 is 5.32 Å². The molecule has 2 heterocycles. The standard InChI is InChI=1S/C19H18N2O5S/c22-12-14(9-13-5-2-1-3-6-13)20-17(23)11-21-18(24)16(27-19(21)25)10-15-7-4-8-26-15/h1-8,10,14,22H,9,11-12H2,(H,20,23)/b16-10-. The van der Waals surface area contributed by atoms with E-state index < -0.39 is 29.6 Å². The number of hydrogen-bond donors (Lipinski definition) is 2. The summed E-state index contributed by atoms with van der Waals surface area (Å²) in [7, 11) is 0. The fourth-order valence-corrected chi connectivity index (χ4v) is 3.43. The highest BCUT2D eigenvalue weighted by atomic mass is 32.2. The van der Waals surface area contributed by atoms with Gasteiger partial charge in [-0.3, -0.25) is 19.3 Å². The van der Waals surface area contributed by atoms with Crippen LogP contribution in [0.15, 0.2) is 58.1 Å². The zero-order chi connectivity index (χ0) is 19.2. The highest BCUT2D eigenvalue weighted by molar-refractivity contribution is 8.18. The zero-order valence-corrected chi connectivity index (χ0v) is 15.1. The van der Waals surface area contributed by atoms with Crippen molar-refractivity contribution < 1.29 is 23.9 Å². The Labute approximate surface area is 160 Å². The van der Waals surface area contributed by atoms with Crippen molar-refractivity contribution in [3.8, 4) is 0 Å². The molecule has 0 aliphatic carbocycles. The van der Waals surface area contributed by atoms with E-state index in [0.29, 0.717) is 12.2 Å². The Morgan fingerprint density at radius 3 is 2.67 bits per heavy atom. The first kappa shape index (κ1) is 18.9. The molecular weight excluding hydrogens is 368 g/mol. The predicted octanol–water partition coefficient (Wildman–Crippen LogP) is 2.04. The monoisotopic (exact) mass is 386 g/mol. The van der Waals surface area contributed by atoms with E-state index in [4.69, 9.17) is 4.42 Å². The second kappa shape index (κ2) is 8.70. The lowest BCUT2D eigenvalue weighted by Gasteiger charge is -2.18. The first-order valence-electron chi connectivity index (χ1n) is 8.30. The summed E-state index contributed by atoms with van der Waals surface area (Å²) >= 11 is 0.758. The van der Waals surface area contributed by atoms with Crippen molar-refractivity contribution in [1.82, 2.24) is 10.2 Å². The Bertz CT molecular complexity index is 848. The number of rotatable bonds is 7. The predicted molar refractivity (Wildman–Crippen MR) is 101 cm³/mol. The molecule has 3 amide bonds. The fourth-order valence-electron chi connectivity index (χ4n) is 2.62. The molecule has 1 fully saturated rings. The van der Waals surface area contributed by atoms with E-state index in [1.54, 1.807) is 12.1 Å². The number of thioether (sulfide) groups is 1. The van der Waals surface area contributed by atoms with Gasteiger partial charge in [0, 0.05) is 6.08 Å². The number of aliphatic hydroxyl groups is 1. The van der Waals surface area contributed by atoms with Gasteiger partial charge in [0.25, 0.3) is 11.1 Å². The molecule has 7 nitrogen and oxygen atoms in total. The summed E-state index contributed by atoms with van der Waals surface area (Å²) in [6.07, 6.45) is 3.38. The average molecular weight is 386 g/mol. The van der Waals surface area contributed by atoms with Crippen molar-refractivity contribution in [1.29, 1.82) is 0 Å². The van der Waals surface area contributed by atoms with Crippen LogP contribution in [-0.4, -0.2) is 46.3 Å². The molecule has 1 aromatic carbocycles.